The summed E-state index contributed by atoms with van der Waals surface area (Å²) in [4.78, 5) is 0. The van der Waals surface area contributed by atoms with Crippen LogP contribution in [0.1, 0.15) is 108 Å². The van der Waals surface area contributed by atoms with E-state index < -0.39 is 0 Å². The summed E-state index contributed by atoms with van der Waals surface area (Å²) in [6, 6.07) is 0. The van der Waals surface area contributed by atoms with Crippen LogP contribution in [0.4, 0.5) is 0 Å². The van der Waals surface area contributed by atoms with Crippen molar-refractivity contribution in [1.29, 1.82) is 0 Å². The largest absolute Gasteiger partial charge is 0.496 e. The molecule has 0 spiro atoms. The Hall–Kier alpha value is -1.44. The Morgan fingerprint density at radius 3 is 2.28 bits per heavy atom. The molecule has 0 aromatic heterocycles. The fourth-order valence-corrected chi connectivity index (χ4v) is 5.39. The minimum absolute atomic E-state index is 0.0954. The van der Waals surface area contributed by atoms with E-state index in [2.05, 4.69) is 62.0 Å². The average Bonchev–Trinajstić information content (AvgIpc) is 2.72. The van der Waals surface area contributed by atoms with Crippen molar-refractivity contribution < 1.29 is 9.47 Å². The van der Waals surface area contributed by atoms with Crippen molar-refractivity contribution in [2.24, 2.45) is 17.8 Å². The SMILES string of the molecule is C=C(C)C(CCC(C)CCCC(C)C)CCC1(C)CCc2c(C)c(OC)c(C)c(C)c2O1. The first-order valence-electron chi connectivity index (χ1n) is 13.0. The molecule has 1 aromatic carbocycles. The third-order valence-corrected chi connectivity index (χ3v) is 7.97. The van der Waals surface area contributed by atoms with Gasteiger partial charge in [-0.05, 0) is 101 Å². The van der Waals surface area contributed by atoms with Gasteiger partial charge in [0, 0.05) is 5.56 Å². The fraction of sp³-hybridized carbons (Fsp3) is 0.733. The first-order valence-corrected chi connectivity index (χ1v) is 13.0. The molecule has 1 heterocycles. The molecule has 0 saturated carbocycles. The Morgan fingerprint density at radius 2 is 1.69 bits per heavy atom. The van der Waals surface area contributed by atoms with E-state index in [1.54, 1.807) is 7.11 Å². The van der Waals surface area contributed by atoms with Crippen LogP contribution in [0, 0.1) is 38.5 Å². The predicted molar refractivity (Wildman–Crippen MR) is 139 cm³/mol. The van der Waals surface area contributed by atoms with Gasteiger partial charge in [0.05, 0.1) is 7.11 Å². The van der Waals surface area contributed by atoms with Gasteiger partial charge in [-0.3, -0.25) is 0 Å². The second-order valence-electron chi connectivity index (χ2n) is 11.4. The topological polar surface area (TPSA) is 18.5 Å². The van der Waals surface area contributed by atoms with Crippen LogP contribution >= 0.6 is 0 Å². The molecule has 1 aromatic rings. The zero-order valence-electron chi connectivity index (χ0n) is 22.6. The molecule has 1 aliphatic rings. The summed E-state index contributed by atoms with van der Waals surface area (Å²) < 4.78 is 12.5. The highest BCUT2D eigenvalue weighted by atomic mass is 16.5. The van der Waals surface area contributed by atoms with Crippen LogP contribution < -0.4 is 9.47 Å². The fourth-order valence-electron chi connectivity index (χ4n) is 5.39. The molecule has 0 fully saturated rings. The molecule has 2 nitrogen and oxygen atoms in total. The van der Waals surface area contributed by atoms with Crippen LogP contribution in [-0.4, -0.2) is 12.7 Å². The van der Waals surface area contributed by atoms with Gasteiger partial charge in [-0.1, -0.05) is 58.6 Å². The highest BCUT2D eigenvalue weighted by Gasteiger charge is 2.35. The second kappa shape index (κ2) is 11.6. The maximum Gasteiger partial charge on any atom is 0.127 e. The molecule has 0 saturated heterocycles. The first kappa shape index (κ1) is 26.8. The summed E-state index contributed by atoms with van der Waals surface area (Å²) in [5, 5.41) is 0. The second-order valence-corrected chi connectivity index (χ2v) is 11.4. The Bertz CT molecular complexity index is 776. The van der Waals surface area contributed by atoms with Crippen molar-refractivity contribution >= 4 is 0 Å². The number of allylic oxidation sites excluding steroid dienone is 1. The van der Waals surface area contributed by atoms with E-state index in [9.17, 15) is 0 Å². The molecule has 3 unspecified atom stereocenters. The van der Waals surface area contributed by atoms with E-state index in [1.807, 2.05) is 0 Å². The highest BCUT2D eigenvalue weighted by molar-refractivity contribution is 5.58. The summed E-state index contributed by atoms with van der Waals surface area (Å²) in [6.07, 6.45) is 11.1. The normalized spacial score (nSPS) is 19.9. The lowest BCUT2D eigenvalue weighted by atomic mass is 9.81. The minimum atomic E-state index is -0.0954. The number of benzene rings is 1. The van der Waals surface area contributed by atoms with E-state index in [1.165, 1.54) is 66.4 Å². The number of methoxy groups -OCH3 is 1. The zero-order valence-corrected chi connectivity index (χ0v) is 22.6. The summed E-state index contributed by atoms with van der Waals surface area (Å²) in [5.41, 5.74) is 6.28. The van der Waals surface area contributed by atoms with Crippen LogP contribution in [0.25, 0.3) is 0 Å². The van der Waals surface area contributed by atoms with Crippen molar-refractivity contribution in [3.8, 4) is 11.5 Å². The molecule has 0 aliphatic carbocycles. The zero-order chi connectivity index (χ0) is 24.1. The molecule has 1 aliphatic heterocycles. The van der Waals surface area contributed by atoms with Gasteiger partial charge in [0.25, 0.3) is 0 Å². The van der Waals surface area contributed by atoms with Gasteiger partial charge in [-0.2, -0.15) is 0 Å². The maximum atomic E-state index is 6.76. The molecule has 182 valence electrons. The summed E-state index contributed by atoms with van der Waals surface area (Å²) in [7, 11) is 1.78. The van der Waals surface area contributed by atoms with Gasteiger partial charge < -0.3 is 9.47 Å². The van der Waals surface area contributed by atoms with Crippen molar-refractivity contribution in [2.75, 3.05) is 7.11 Å². The van der Waals surface area contributed by atoms with Gasteiger partial charge in [-0.25, -0.2) is 0 Å². The molecule has 0 bridgehead atoms. The summed E-state index contributed by atoms with van der Waals surface area (Å²) >= 11 is 0. The Balaban J connectivity index is 1.99. The lowest BCUT2D eigenvalue weighted by molar-refractivity contribution is 0.0490. The monoisotopic (exact) mass is 442 g/mol. The van der Waals surface area contributed by atoms with Gasteiger partial charge in [-0.15, -0.1) is 0 Å². The lowest BCUT2D eigenvalue weighted by Gasteiger charge is -2.39. The molecular formula is C30H50O2. The standard InChI is InChI=1S/C30H50O2/c1-20(2)12-11-13-22(5)14-15-26(21(3)4)16-18-30(9)19-17-27-25(8)28(31-10)23(6)24(7)29(27)32-30/h20,22,26H,3,11-19H2,1-2,4-10H3. The molecule has 0 radical (unpaired) electrons. The molecule has 3 atom stereocenters. The molecule has 32 heavy (non-hydrogen) atoms. The van der Waals surface area contributed by atoms with E-state index in [0.29, 0.717) is 5.92 Å². The van der Waals surface area contributed by atoms with Crippen molar-refractivity contribution in [1.82, 2.24) is 0 Å². The smallest absolute Gasteiger partial charge is 0.127 e. The molecule has 0 N–H and O–H groups in total. The molecule has 2 heteroatoms. The summed E-state index contributed by atoms with van der Waals surface area (Å²) in [6.45, 7) is 22.5. The van der Waals surface area contributed by atoms with Crippen molar-refractivity contribution in [2.45, 2.75) is 119 Å². The number of rotatable bonds is 12. The van der Waals surface area contributed by atoms with Gasteiger partial charge in [0.2, 0.25) is 0 Å². The van der Waals surface area contributed by atoms with Crippen LogP contribution in [0.15, 0.2) is 12.2 Å². The van der Waals surface area contributed by atoms with Crippen molar-refractivity contribution in [3.05, 3.63) is 34.4 Å². The van der Waals surface area contributed by atoms with E-state index in [-0.39, 0.29) is 5.60 Å². The number of hydrogen-bond acceptors (Lipinski definition) is 2. The van der Waals surface area contributed by atoms with Crippen LogP contribution in [0.3, 0.4) is 0 Å². The summed E-state index contributed by atoms with van der Waals surface area (Å²) in [5.74, 6) is 4.37. The van der Waals surface area contributed by atoms with Crippen LogP contribution in [0.2, 0.25) is 0 Å². The Morgan fingerprint density at radius 1 is 1.00 bits per heavy atom. The van der Waals surface area contributed by atoms with Crippen LogP contribution in [-0.2, 0) is 6.42 Å². The molecule has 0 amide bonds. The number of hydrogen-bond donors (Lipinski definition) is 0. The number of ether oxygens (including phenoxy) is 2. The van der Waals surface area contributed by atoms with Gasteiger partial charge in [0.1, 0.15) is 17.1 Å². The maximum absolute atomic E-state index is 6.76. The third kappa shape index (κ3) is 6.78. The van der Waals surface area contributed by atoms with Crippen molar-refractivity contribution in [3.63, 3.8) is 0 Å². The third-order valence-electron chi connectivity index (χ3n) is 7.97. The van der Waals surface area contributed by atoms with Gasteiger partial charge in [0.15, 0.2) is 0 Å². The Kier molecular flexibility index (Phi) is 9.73. The van der Waals surface area contributed by atoms with E-state index in [4.69, 9.17) is 9.47 Å². The Labute approximate surface area is 199 Å². The molecule has 2 rings (SSSR count). The predicted octanol–water partition coefficient (Wildman–Crippen LogP) is 8.92. The molecular weight excluding hydrogens is 392 g/mol. The van der Waals surface area contributed by atoms with Crippen LogP contribution in [0.5, 0.6) is 11.5 Å². The average molecular weight is 443 g/mol. The lowest BCUT2D eigenvalue weighted by Crippen LogP contribution is -2.37. The minimum Gasteiger partial charge on any atom is -0.496 e. The highest BCUT2D eigenvalue weighted by Crippen LogP contribution is 2.45. The van der Waals surface area contributed by atoms with Gasteiger partial charge >= 0.3 is 0 Å². The first-order chi connectivity index (χ1) is 15.0. The van der Waals surface area contributed by atoms with E-state index >= 15 is 0 Å². The number of fused-ring (bicyclic) bond motifs is 1. The van der Waals surface area contributed by atoms with E-state index in [0.717, 1.165) is 42.6 Å². The quantitative estimate of drug-likeness (QED) is 0.301.